The third-order valence-electron chi connectivity index (χ3n) is 2.75. The van der Waals surface area contributed by atoms with Crippen LogP contribution < -0.4 is 11.3 Å². The molecule has 0 aromatic heterocycles. The van der Waals surface area contributed by atoms with E-state index in [4.69, 9.17) is 10.6 Å². The molecule has 3 N–H and O–H groups in total. The number of rotatable bonds is 8. The normalized spacial score (nSPS) is 12.7. The molecule has 0 amide bonds. The van der Waals surface area contributed by atoms with Crippen molar-refractivity contribution in [2.75, 3.05) is 13.2 Å². The van der Waals surface area contributed by atoms with Crippen LogP contribution in [0, 0.1) is 5.82 Å². The van der Waals surface area contributed by atoms with Crippen LogP contribution in [-0.2, 0) is 11.2 Å². The second kappa shape index (κ2) is 8.58. The molecule has 1 unspecified atom stereocenters. The van der Waals surface area contributed by atoms with Gasteiger partial charge in [-0.05, 0) is 59.8 Å². The van der Waals surface area contributed by atoms with E-state index in [1.54, 1.807) is 12.1 Å². The molecule has 0 spiro atoms. The van der Waals surface area contributed by atoms with Gasteiger partial charge in [-0.3, -0.25) is 11.3 Å². The molecule has 0 saturated heterocycles. The molecule has 1 atom stereocenters. The van der Waals surface area contributed by atoms with Crippen LogP contribution in [0.1, 0.15) is 25.3 Å². The van der Waals surface area contributed by atoms with Gasteiger partial charge >= 0.3 is 0 Å². The minimum atomic E-state index is -0.243. The molecule has 1 rings (SSSR count). The highest BCUT2D eigenvalue weighted by Crippen LogP contribution is 2.18. The van der Waals surface area contributed by atoms with Crippen molar-refractivity contribution in [1.82, 2.24) is 5.43 Å². The van der Waals surface area contributed by atoms with Gasteiger partial charge in [-0.15, -0.1) is 0 Å². The minimum Gasteiger partial charge on any atom is -0.382 e. The molecule has 0 aliphatic rings. The summed E-state index contributed by atoms with van der Waals surface area (Å²) in [6, 6.07) is 5.23. The van der Waals surface area contributed by atoms with E-state index in [1.165, 1.54) is 6.07 Å². The quantitative estimate of drug-likeness (QED) is 0.440. The first kappa shape index (κ1) is 15.6. The van der Waals surface area contributed by atoms with Crippen LogP contribution in [-0.4, -0.2) is 19.3 Å². The van der Waals surface area contributed by atoms with Crippen molar-refractivity contribution >= 4 is 15.9 Å². The van der Waals surface area contributed by atoms with Crippen molar-refractivity contribution in [3.05, 3.63) is 34.1 Å². The lowest BCUT2D eigenvalue weighted by Crippen LogP contribution is -2.37. The molecule has 0 aliphatic heterocycles. The fourth-order valence-electron chi connectivity index (χ4n) is 1.77. The third-order valence-corrected chi connectivity index (χ3v) is 3.35. The van der Waals surface area contributed by atoms with Crippen molar-refractivity contribution in [2.45, 2.75) is 32.2 Å². The molecule has 3 nitrogen and oxygen atoms in total. The van der Waals surface area contributed by atoms with E-state index in [0.717, 1.165) is 38.0 Å². The Morgan fingerprint density at radius 2 is 2.28 bits per heavy atom. The van der Waals surface area contributed by atoms with E-state index in [1.807, 2.05) is 6.92 Å². The van der Waals surface area contributed by atoms with Gasteiger partial charge < -0.3 is 4.74 Å². The molecule has 0 bridgehead atoms. The standard InChI is InChI=1S/C13H20BrFN2O/c1-2-18-7-3-4-11(17-16)8-10-5-6-13(15)12(14)9-10/h5-6,9,11,17H,2-4,7-8,16H2,1H3. The van der Waals surface area contributed by atoms with Crippen LogP contribution in [0.5, 0.6) is 0 Å². The number of halogens is 2. The molecule has 0 saturated carbocycles. The second-order valence-corrected chi connectivity index (χ2v) is 5.01. The summed E-state index contributed by atoms with van der Waals surface area (Å²) in [7, 11) is 0. The Kier molecular flexibility index (Phi) is 7.42. The van der Waals surface area contributed by atoms with Crippen LogP contribution in [0.15, 0.2) is 22.7 Å². The van der Waals surface area contributed by atoms with Gasteiger partial charge in [0.15, 0.2) is 0 Å². The summed E-state index contributed by atoms with van der Waals surface area (Å²) in [4.78, 5) is 0. The summed E-state index contributed by atoms with van der Waals surface area (Å²) < 4.78 is 18.9. The topological polar surface area (TPSA) is 47.3 Å². The SMILES string of the molecule is CCOCCCC(Cc1ccc(F)c(Br)c1)NN. The highest BCUT2D eigenvalue weighted by molar-refractivity contribution is 9.10. The van der Waals surface area contributed by atoms with E-state index in [2.05, 4.69) is 21.4 Å². The largest absolute Gasteiger partial charge is 0.382 e. The highest BCUT2D eigenvalue weighted by Gasteiger charge is 2.09. The molecule has 0 fully saturated rings. The monoisotopic (exact) mass is 318 g/mol. The van der Waals surface area contributed by atoms with Crippen molar-refractivity contribution in [3.63, 3.8) is 0 Å². The molecule has 1 aromatic rings. The average molecular weight is 319 g/mol. The van der Waals surface area contributed by atoms with E-state index in [9.17, 15) is 4.39 Å². The summed E-state index contributed by atoms with van der Waals surface area (Å²) in [6.07, 6.45) is 2.68. The number of ether oxygens (including phenoxy) is 1. The average Bonchev–Trinajstić information content (AvgIpc) is 2.37. The molecule has 102 valence electrons. The highest BCUT2D eigenvalue weighted by atomic mass is 79.9. The van der Waals surface area contributed by atoms with Crippen LogP contribution in [0.3, 0.4) is 0 Å². The third kappa shape index (κ3) is 5.44. The molecule has 0 radical (unpaired) electrons. The zero-order chi connectivity index (χ0) is 13.4. The Morgan fingerprint density at radius 1 is 1.50 bits per heavy atom. The fraction of sp³-hybridized carbons (Fsp3) is 0.538. The van der Waals surface area contributed by atoms with Crippen molar-refractivity contribution < 1.29 is 9.13 Å². The zero-order valence-corrected chi connectivity index (χ0v) is 12.2. The first-order valence-electron chi connectivity index (χ1n) is 6.15. The maximum absolute atomic E-state index is 13.1. The number of nitrogens with one attached hydrogen (secondary N) is 1. The van der Waals surface area contributed by atoms with Crippen LogP contribution >= 0.6 is 15.9 Å². The fourth-order valence-corrected chi connectivity index (χ4v) is 2.20. The predicted octanol–water partition coefficient (Wildman–Crippen LogP) is 2.78. The van der Waals surface area contributed by atoms with Gasteiger partial charge in [0, 0.05) is 19.3 Å². The van der Waals surface area contributed by atoms with Crippen molar-refractivity contribution in [1.29, 1.82) is 0 Å². The van der Waals surface area contributed by atoms with Crippen LogP contribution in [0.2, 0.25) is 0 Å². The zero-order valence-electron chi connectivity index (χ0n) is 10.6. The minimum absolute atomic E-state index is 0.183. The van der Waals surface area contributed by atoms with E-state index < -0.39 is 0 Å². The summed E-state index contributed by atoms with van der Waals surface area (Å²) in [5.41, 5.74) is 3.85. The summed E-state index contributed by atoms with van der Waals surface area (Å²) in [5.74, 6) is 5.28. The van der Waals surface area contributed by atoms with Crippen LogP contribution in [0.4, 0.5) is 4.39 Å². The molecule has 1 aromatic carbocycles. The Balaban J connectivity index is 2.44. The van der Waals surface area contributed by atoms with E-state index in [0.29, 0.717) is 4.47 Å². The number of nitrogens with two attached hydrogens (primary N) is 1. The Bertz CT molecular complexity index is 363. The van der Waals surface area contributed by atoms with Gasteiger partial charge in [0.25, 0.3) is 0 Å². The van der Waals surface area contributed by atoms with Gasteiger partial charge in [0.05, 0.1) is 4.47 Å². The summed E-state index contributed by atoms with van der Waals surface area (Å²) in [5, 5.41) is 0. The lowest BCUT2D eigenvalue weighted by Gasteiger charge is -2.16. The van der Waals surface area contributed by atoms with Gasteiger partial charge in [-0.2, -0.15) is 0 Å². The predicted molar refractivity (Wildman–Crippen MR) is 74.6 cm³/mol. The van der Waals surface area contributed by atoms with Crippen molar-refractivity contribution in [2.24, 2.45) is 5.84 Å². The number of hydrogen-bond acceptors (Lipinski definition) is 3. The molecule has 0 aliphatic carbocycles. The Hall–Kier alpha value is -0.490. The van der Waals surface area contributed by atoms with Gasteiger partial charge in [0.1, 0.15) is 5.82 Å². The lowest BCUT2D eigenvalue weighted by atomic mass is 10.0. The molecule has 18 heavy (non-hydrogen) atoms. The lowest BCUT2D eigenvalue weighted by molar-refractivity contribution is 0.140. The van der Waals surface area contributed by atoms with Crippen LogP contribution in [0.25, 0.3) is 0 Å². The Morgan fingerprint density at radius 3 is 2.89 bits per heavy atom. The Labute approximate surface area is 116 Å². The van der Waals surface area contributed by atoms with Gasteiger partial charge in [-0.25, -0.2) is 4.39 Å². The van der Waals surface area contributed by atoms with Gasteiger partial charge in [-0.1, -0.05) is 6.07 Å². The van der Waals surface area contributed by atoms with E-state index >= 15 is 0 Å². The molecule has 5 heteroatoms. The first-order chi connectivity index (χ1) is 8.67. The summed E-state index contributed by atoms with van der Waals surface area (Å²) in [6.45, 7) is 3.47. The second-order valence-electron chi connectivity index (χ2n) is 4.16. The van der Waals surface area contributed by atoms with E-state index in [-0.39, 0.29) is 11.9 Å². The maximum Gasteiger partial charge on any atom is 0.137 e. The van der Waals surface area contributed by atoms with Crippen molar-refractivity contribution in [3.8, 4) is 0 Å². The number of hydrogen-bond donors (Lipinski definition) is 2. The van der Waals surface area contributed by atoms with Gasteiger partial charge in [0.2, 0.25) is 0 Å². The smallest absolute Gasteiger partial charge is 0.137 e. The molecular formula is C13H20BrFN2O. The number of benzene rings is 1. The number of hydrazine groups is 1. The molecule has 0 heterocycles. The molecular weight excluding hydrogens is 299 g/mol. The first-order valence-corrected chi connectivity index (χ1v) is 6.94. The summed E-state index contributed by atoms with van der Waals surface area (Å²) >= 11 is 3.18. The maximum atomic E-state index is 13.1.